The first kappa shape index (κ1) is 14.6. The van der Waals surface area contributed by atoms with E-state index < -0.39 is 5.97 Å². The number of aromatic carboxylic acids is 1. The van der Waals surface area contributed by atoms with Crippen LogP contribution in [0.3, 0.4) is 0 Å². The Kier molecular flexibility index (Phi) is 4.42. The highest BCUT2D eigenvalue weighted by molar-refractivity contribution is 9.10. The van der Waals surface area contributed by atoms with Gasteiger partial charge in [0.15, 0.2) is 0 Å². The fraction of sp³-hybridized carbons (Fsp3) is 0. The molecule has 0 fully saturated rings. The van der Waals surface area contributed by atoms with E-state index in [1.165, 1.54) is 6.07 Å². The molecule has 2 rings (SSSR count). The Morgan fingerprint density at radius 3 is 2.55 bits per heavy atom. The van der Waals surface area contributed by atoms with Gasteiger partial charge in [0.2, 0.25) is 0 Å². The minimum atomic E-state index is -1.07. The Labute approximate surface area is 131 Å². The average Bonchev–Trinajstić information content (AvgIpc) is 2.41. The summed E-state index contributed by atoms with van der Waals surface area (Å²) in [5, 5.41) is 18.0. The topological polar surface area (TPSA) is 70.3 Å². The zero-order valence-corrected chi connectivity index (χ0v) is 13.1. The molecule has 1 N–H and O–H groups in total. The molecule has 0 atom stereocenters. The normalized spacial score (nSPS) is 9.85. The third kappa shape index (κ3) is 3.18. The lowest BCUT2D eigenvalue weighted by Gasteiger charge is -2.09. The van der Waals surface area contributed by atoms with Crippen molar-refractivity contribution in [3.8, 4) is 17.6 Å². The summed E-state index contributed by atoms with van der Waals surface area (Å²) >= 11 is 6.47. The minimum Gasteiger partial charge on any atom is -0.478 e. The van der Waals surface area contributed by atoms with E-state index >= 15 is 0 Å². The fourth-order valence-corrected chi connectivity index (χ4v) is 2.34. The van der Waals surface area contributed by atoms with Crippen molar-refractivity contribution in [2.75, 3.05) is 0 Å². The van der Waals surface area contributed by atoms with Gasteiger partial charge >= 0.3 is 5.97 Å². The molecule has 0 aliphatic heterocycles. The van der Waals surface area contributed by atoms with Crippen LogP contribution in [0.25, 0.3) is 0 Å². The zero-order chi connectivity index (χ0) is 14.7. The summed E-state index contributed by atoms with van der Waals surface area (Å²) in [5.74, 6) is -0.396. The molecule has 0 saturated heterocycles. The molecule has 4 nitrogen and oxygen atoms in total. The molecule has 0 spiro atoms. The van der Waals surface area contributed by atoms with Crippen LogP contribution in [0, 0.1) is 11.3 Å². The Hall–Kier alpha value is -1.84. The van der Waals surface area contributed by atoms with Crippen LogP contribution in [-0.2, 0) is 0 Å². The number of ether oxygens (including phenoxy) is 1. The molecule has 0 bridgehead atoms. The monoisotopic (exact) mass is 395 g/mol. The Bertz CT molecular complexity index is 723. The second-order valence-electron chi connectivity index (χ2n) is 3.80. The van der Waals surface area contributed by atoms with Crippen molar-refractivity contribution in [1.82, 2.24) is 0 Å². The lowest BCUT2D eigenvalue weighted by molar-refractivity contribution is 0.0694. The number of carbonyl (C=O) groups is 1. The predicted molar refractivity (Wildman–Crippen MR) is 80.0 cm³/mol. The van der Waals surface area contributed by atoms with E-state index in [0.29, 0.717) is 20.3 Å². The van der Waals surface area contributed by atoms with Gasteiger partial charge in [-0.05, 0) is 52.3 Å². The molecule has 6 heteroatoms. The van der Waals surface area contributed by atoms with Gasteiger partial charge in [-0.2, -0.15) is 5.26 Å². The summed E-state index contributed by atoms with van der Waals surface area (Å²) in [6, 6.07) is 11.6. The van der Waals surface area contributed by atoms with Crippen LogP contribution in [-0.4, -0.2) is 11.1 Å². The molecule has 2 aromatic rings. The number of nitriles is 1. The van der Waals surface area contributed by atoms with Crippen molar-refractivity contribution in [3.05, 3.63) is 56.5 Å². The van der Waals surface area contributed by atoms with E-state index in [-0.39, 0.29) is 11.3 Å². The molecule has 0 unspecified atom stereocenters. The quantitative estimate of drug-likeness (QED) is 0.824. The first-order chi connectivity index (χ1) is 9.51. The molecule has 100 valence electrons. The molecule has 0 heterocycles. The highest BCUT2D eigenvalue weighted by Gasteiger charge is 2.13. The van der Waals surface area contributed by atoms with Gasteiger partial charge < -0.3 is 9.84 Å². The molecular formula is C14H7Br2NO3. The molecule has 0 aliphatic carbocycles. The Morgan fingerprint density at radius 1 is 1.20 bits per heavy atom. The van der Waals surface area contributed by atoms with Crippen molar-refractivity contribution in [2.45, 2.75) is 0 Å². The SMILES string of the molecule is N#Cc1ccc(Oc2ccc(Br)cc2C(=O)O)cc1Br. The zero-order valence-electron chi connectivity index (χ0n) is 9.93. The fourth-order valence-electron chi connectivity index (χ4n) is 1.54. The second kappa shape index (κ2) is 6.07. The molecular weight excluding hydrogens is 390 g/mol. The number of halogens is 2. The summed E-state index contributed by atoms with van der Waals surface area (Å²) in [5.41, 5.74) is 0.534. The highest BCUT2D eigenvalue weighted by Crippen LogP contribution is 2.30. The Morgan fingerprint density at radius 2 is 1.95 bits per heavy atom. The number of carboxylic acid groups (broad SMARTS) is 1. The van der Waals surface area contributed by atoms with E-state index in [0.717, 1.165) is 0 Å². The third-order valence-corrected chi connectivity index (χ3v) is 3.61. The van der Waals surface area contributed by atoms with Crippen molar-refractivity contribution in [1.29, 1.82) is 5.26 Å². The van der Waals surface area contributed by atoms with E-state index in [9.17, 15) is 4.79 Å². The number of benzene rings is 2. The maximum atomic E-state index is 11.2. The summed E-state index contributed by atoms with van der Waals surface area (Å²) in [4.78, 5) is 11.2. The van der Waals surface area contributed by atoms with Gasteiger partial charge in [0.05, 0.1) is 5.56 Å². The summed E-state index contributed by atoms with van der Waals surface area (Å²) < 4.78 is 6.81. The smallest absolute Gasteiger partial charge is 0.339 e. The molecule has 20 heavy (non-hydrogen) atoms. The standard InChI is InChI=1S/C14H7Br2NO3/c15-9-2-4-13(11(5-9)14(18)19)20-10-3-1-8(7-17)12(16)6-10/h1-6H,(H,18,19). The molecule has 0 saturated carbocycles. The number of carboxylic acids is 1. The van der Waals surface area contributed by atoms with E-state index in [4.69, 9.17) is 15.1 Å². The molecule has 0 amide bonds. The average molecular weight is 397 g/mol. The van der Waals surface area contributed by atoms with Crippen LogP contribution in [0.1, 0.15) is 15.9 Å². The van der Waals surface area contributed by atoms with Crippen molar-refractivity contribution < 1.29 is 14.6 Å². The lowest BCUT2D eigenvalue weighted by atomic mass is 10.2. The number of hydrogen-bond acceptors (Lipinski definition) is 3. The van der Waals surface area contributed by atoms with Crippen molar-refractivity contribution in [2.24, 2.45) is 0 Å². The van der Waals surface area contributed by atoms with Crippen LogP contribution in [0.4, 0.5) is 0 Å². The van der Waals surface area contributed by atoms with Gasteiger partial charge in [-0.25, -0.2) is 4.79 Å². The first-order valence-electron chi connectivity index (χ1n) is 5.41. The highest BCUT2D eigenvalue weighted by atomic mass is 79.9. The summed E-state index contributed by atoms with van der Waals surface area (Å²) in [7, 11) is 0. The maximum absolute atomic E-state index is 11.2. The van der Waals surface area contributed by atoms with Gasteiger partial charge in [-0.15, -0.1) is 0 Å². The van der Waals surface area contributed by atoms with Crippen LogP contribution >= 0.6 is 31.9 Å². The van der Waals surface area contributed by atoms with Crippen molar-refractivity contribution in [3.63, 3.8) is 0 Å². The third-order valence-electron chi connectivity index (χ3n) is 2.46. The first-order valence-corrected chi connectivity index (χ1v) is 7.00. The van der Waals surface area contributed by atoms with Gasteiger partial charge in [0.1, 0.15) is 23.1 Å². The second-order valence-corrected chi connectivity index (χ2v) is 5.57. The van der Waals surface area contributed by atoms with E-state index in [1.54, 1.807) is 30.3 Å². The lowest BCUT2D eigenvalue weighted by Crippen LogP contribution is -2.00. The van der Waals surface area contributed by atoms with Gasteiger partial charge in [-0.1, -0.05) is 15.9 Å². The number of hydrogen-bond donors (Lipinski definition) is 1. The predicted octanol–water partition coefficient (Wildman–Crippen LogP) is 4.57. The number of nitrogens with zero attached hydrogens (tertiary/aromatic N) is 1. The van der Waals surface area contributed by atoms with E-state index in [1.807, 2.05) is 6.07 Å². The maximum Gasteiger partial charge on any atom is 0.339 e. The van der Waals surface area contributed by atoms with Crippen LogP contribution < -0.4 is 4.74 Å². The van der Waals surface area contributed by atoms with Crippen molar-refractivity contribution >= 4 is 37.8 Å². The number of rotatable bonds is 3. The molecule has 2 aromatic carbocycles. The van der Waals surface area contributed by atoms with Gasteiger partial charge in [-0.3, -0.25) is 0 Å². The van der Waals surface area contributed by atoms with Gasteiger partial charge in [0.25, 0.3) is 0 Å². The summed E-state index contributed by atoms with van der Waals surface area (Å²) in [6.07, 6.45) is 0. The minimum absolute atomic E-state index is 0.0554. The van der Waals surface area contributed by atoms with Crippen LogP contribution in [0.5, 0.6) is 11.5 Å². The van der Waals surface area contributed by atoms with Gasteiger partial charge in [0, 0.05) is 8.95 Å². The van der Waals surface area contributed by atoms with Crippen LogP contribution in [0.15, 0.2) is 45.3 Å². The van der Waals surface area contributed by atoms with Crippen LogP contribution in [0.2, 0.25) is 0 Å². The molecule has 0 aromatic heterocycles. The van der Waals surface area contributed by atoms with E-state index in [2.05, 4.69) is 31.9 Å². The summed E-state index contributed by atoms with van der Waals surface area (Å²) in [6.45, 7) is 0. The molecule has 0 aliphatic rings. The largest absolute Gasteiger partial charge is 0.478 e. The molecule has 0 radical (unpaired) electrons. The Balaban J connectivity index is 2.38.